The Morgan fingerprint density at radius 3 is 2.45 bits per heavy atom. The molecule has 0 aliphatic carbocycles. The van der Waals surface area contributed by atoms with Crippen LogP contribution >= 0.6 is 0 Å². The Hall–Kier alpha value is -3.13. The van der Waals surface area contributed by atoms with Crippen molar-refractivity contribution < 1.29 is 28.2 Å². The molecule has 1 saturated heterocycles. The molecular weight excluding hydrogens is 379 g/mol. The number of carbonyl (C=O) groups excluding carboxylic acids is 2. The van der Waals surface area contributed by atoms with Crippen molar-refractivity contribution in [3.8, 4) is 11.5 Å². The number of rotatable bonds is 4. The number of carbonyl (C=O) groups is 2. The van der Waals surface area contributed by atoms with E-state index in [-0.39, 0.29) is 19.2 Å². The van der Waals surface area contributed by atoms with Gasteiger partial charge in [0.25, 0.3) is 0 Å². The van der Waals surface area contributed by atoms with Crippen molar-refractivity contribution in [3.05, 3.63) is 53.8 Å². The number of nitrogens with one attached hydrogen (secondary N) is 2. The summed E-state index contributed by atoms with van der Waals surface area (Å²) in [4.78, 5) is 24.7. The largest absolute Gasteiger partial charge is 0.454 e. The van der Waals surface area contributed by atoms with Crippen molar-refractivity contribution in [1.82, 2.24) is 5.32 Å². The van der Waals surface area contributed by atoms with Gasteiger partial charge in [0.05, 0.1) is 0 Å². The van der Waals surface area contributed by atoms with Gasteiger partial charge in [-0.3, -0.25) is 9.59 Å². The van der Waals surface area contributed by atoms with Crippen molar-refractivity contribution in [1.29, 1.82) is 0 Å². The van der Waals surface area contributed by atoms with Gasteiger partial charge in [-0.15, -0.1) is 0 Å². The van der Waals surface area contributed by atoms with Crippen molar-refractivity contribution >= 4 is 17.5 Å². The molecule has 152 valence electrons. The molecule has 2 aliphatic rings. The summed E-state index contributed by atoms with van der Waals surface area (Å²) in [6.07, 6.45) is 1.34. The molecule has 2 amide bonds. The molecule has 2 aromatic rings. The molecule has 7 nitrogen and oxygen atoms in total. The minimum absolute atomic E-state index is 0.127. The summed E-state index contributed by atoms with van der Waals surface area (Å²) >= 11 is 0. The average Bonchev–Trinajstić information content (AvgIpc) is 3.21. The predicted octanol–water partition coefficient (Wildman–Crippen LogP) is 2.36. The van der Waals surface area contributed by atoms with E-state index in [1.807, 2.05) is 0 Å². The van der Waals surface area contributed by atoms with Gasteiger partial charge in [-0.2, -0.15) is 0 Å². The van der Waals surface area contributed by atoms with E-state index in [9.17, 15) is 14.0 Å². The van der Waals surface area contributed by atoms with Gasteiger partial charge in [0.15, 0.2) is 11.5 Å². The Kier molecular flexibility index (Phi) is 5.35. The zero-order valence-corrected chi connectivity index (χ0v) is 15.7. The van der Waals surface area contributed by atoms with E-state index >= 15 is 0 Å². The van der Waals surface area contributed by atoms with E-state index in [1.54, 1.807) is 30.3 Å². The molecule has 2 N–H and O–H groups in total. The molecule has 2 aromatic carbocycles. The number of halogens is 1. The van der Waals surface area contributed by atoms with Crippen LogP contribution in [0.5, 0.6) is 11.5 Å². The molecular formula is C21H21FN2O5. The summed E-state index contributed by atoms with van der Waals surface area (Å²) in [5.74, 6) is -0.724. The smallest absolute Gasteiger partial charge is 0.313 e. The van der Waals surface area contributed by atoms with E-state index in [4.69, 9.17) is 14.2 Å². The van der Waals surface area contributed by atoms with Crippen molar-refractivity contribution in [2.75, 3.05) is 31.9 Å². The first-order chi connectivity index (χ1) is 14.1. The molecule has 0 radical (unpaired) electrons. The number of benzene rings is 2. The number of hydrogen-bond acceptors (Lipinski definition) is 5. The van der Waals surface area contributed by atoms with E-state index in [0.29, 0.717) is 43.2 Å². The molecule has 2 aliphatic heterocycles. The molecule has 0 aromatic heterocycles. The molecule has 0 spiro atoms. The number of hydrogen-bond donors (Lipinski definition) is 2. The molecule has 0 bridgehead atoms. The quantitative estimate of drug-likeness (QED) is 0.770. The fourth-order valence-corrected chi connectivity index (χ4v) is 3.62. The van der Waals surface area contributed by atoms with E-state index in [1.165, 1.54) is 12.1 Å². The Morgan fingerprint density at radius 2 is 1.69 bits per heavy atom. The minimum Gasteiger partial charge on any atom is -0.454 e. The lowest BCUT2D eigenvalue weighted by molar-refractivity contribution is -0.136. The second-order valence-electron chi connectivity index (χ2n) is 7.10. The summed E-state index contributed by atoms with van der Waals surface area (Å²) in [7, 11) is 0. The fourth-order valence-electron chi connectivity index (χ4n) is 3.62. The Labute approximate surface area is 167 Å². The van der Waals surface area contributed by atoms with Crippen LogP contribution in [-0.4, -0.2) is 38.4 Å². The maximum atomic E-state index is 13.3. The number of anilines is 1. The van der Waals surface area contributed by atoms with Crippen LogP contribution in [0.2, 0.25) is 0 Å². The second kappa shape index (κ2) is 8.08. The number of amides is 2. The van der Waals surface area contributed by atoms with Crippen LogP contribution in [-0.2, 0) is 19.7 Å². The maximum Gasteiger partial charge on any atom is 0.313 e. The molecule has 4 rings (SSSR count). The summed E-state index contributed by atoms with van der Waals surface area (Å²) in [5.41, 5.74) is 0.952. The standard InChI is InChI=1S/C21H21FN2O5/c22-15-3-1-14(2-4-15)21(7-9-27-10-8-21)12-23-19(25)20(26)24-16-5-6-17-18(11-16)29-13-28-17/h1-6,11H,7-10,12-13H2,(H,23,25)(H,24,26). The van der Waals surface area contributed by atoms with Crippen LogP contribution in [0, 0.1) is 5.82 Å². The van der Waals surface area contributed by atoms with E-state index < -0.39 is 17.2 Å². The van der Waals surface area contributed by atoms with Crippen LogP contribution in [0.15, 0.2) is 42.5 Å². The minimum atomic E-state index is -0.773. The van der Waals surface area contributed by atoms with Crippen LogP contribution in [0.3, 0.4) is 0 Å². The lowest BCUT2D eigenvalue weighted by Gasteiger charge is -2.37. The van der Waals surface area contributed by atoms with Gasteiger partial charge in [0, 0.05) is 36.9 Å². The monoisotopic (exact) mass is 400 g/mol. The third-order valence-corrected chi connectivity index (χ3v) is 5.33. The zero-order chi connectivity index (χ0) is 20.3. The highest BCUT2D eigenvalue weighted by Gasteiger charge is 2.35. The van der Waals surface area contributed by atoms with E-state index in [2.05, 4.69) is 10.6 Å². The zero-order valence-electron chi connectivity index (χ0n) is 15.7. The van der Waals surface area contributed by atoms with Crippen molar-refractivity contribution in [2.24, 2.45) is 0 Å². The normalized spacial score (nSPS) is 16.9. The van der Waals surface area contributed by atoms with Crippen LogP contribution in [0.1, 0.15) is 18.4 Å². The first-order valence-electron chi connectivity index (χ1n) is 9.38. The van der Waals surface area contributed by atoms with Gasteiger partial charge >= 0.3 is 11.8 Å². The third-order valence-electron chi connectivity index (χ3n) is 5.33. The van der Waals surface area contributed by atoms with E-state index in [0.717, 1.165) is 5.56 Å². The summed E-state index contributed by atoms with van der Waals surface area (Å²) in [5, 5.41) is 5.28. The highest BCUT2D eigenvalue weighted by molar-refractivity contribution is 6.39. The van der Waals surface area contributed by atoms with Crippen LogP contribution in [0.4, 0.5) is 10.1 Å². The molecule has 0 atom stereocenters. The first-order valence-corrected chi connectivity index (χ1v) is 9.38. The second-order valence-corrected chi connectivity index (χ2v) is 7.10. The van der Waals surface area contributed by atoms with Gasteiger partial charge < -0.3 is 24.8 Å². The van der Waals surface area contributed by atoms with Crippen molar-refractivity contribution in [3.63, 3.8) is 0 Å². The van der Waals surface area contributed by atoms with Gasteiger partial charge in [0.2, 0.25) is 6.79 Å². The molecule has 1 fully saturated rings. The summed E-state index contributed by atoms with van der Waals surface area (Å²) < 4.78 is 29.3. The Balaban J connectivity index is 1.41. The third kappa shape index (κ3) is 4.17. The fraction of sp³-hybridized carbons (Fsp3) is 0.333. The summed E-state index contributed by atoms with van der Waals surface area (Å²) in [6.45, 7) is 1.46. The van der Waals surface area contributed by atoms with Crippen molar-refractivity contribution in [2.45, 2.75) is 18.3 Å². The molecule has 0 saturated carbocycles. The van der Waals surface area contributed by atoms with Gasteiger partial charge in [-0.25, -0.2) is 4.39 Å². The Bertz CT molecular complexity index is 910. The maximum absolute atomic E-state index is 13.3. The topological polar surface area (TPSA) is 85.9 Å². The lowest BCUT2D eigenvalue weighted by Crippen LogP contribution is -2.47. The lowest BCUT2D eigenvalue weighted by atomic mass is 9.74. The first kappa shape index (κ1) is 19.2. The molecule has 2 heterocycles. The SMILES string of the molecule is O=C(NCC1(c2ccc(F)cc2)CCOCC1)C(=O)Nc1ccc2c(c1)OCO2. The predicted molar refractivity (Wildman–Crippen MR) is 102 cm³/mol. The molecule has 0 unspecified atom stereocenters. The number of fused-ring (bicyclic) bond motifs is 1. The van der Waals surface area contributed by atoms with Gasteiger partial charge in [-0.1, -0.05) is 12.1 Å². The molecule has 29 heavy (non-hydrogen) atoms. The average molecular weight is 400 g/mol. The highest BCUT2D eigenvalue weighted by Crippen LogP contribution is 2.35. The van der Waals surface area contributed by atoms with Crippen LogP contribution in [0.25, 0.3) is 0 Å². The van der Waals surface area contributed by atoms with Gasteiger partial charge in [0.1, 0.15) is 5.82 Å². The number of ether oxygens (including phenoxy) is 3. The van der Waals surface area contributed by atoms with Gasteiger partial charge in [-0.05, 0) is 42.7 Å². The highest BCUT2D eigenvalue weighted by atomic mass is 19.1. The van der Waals surface area contributed by atoms with Crippen LogP contribution < -0.4 is 20.1 Å². The summed E-state index contributed by atoms with van der Waals surface area (Å²) in [6, 6.07) is 11.2. The Morgan fingerprint density at radius 1 is 0.966 bits per heavy atom. The molecule has 8 heteroatoms.